The molecule has 1 aliphatic rings. The molecule has 0 amide bonds. The number of aromatic nitrogens is 1. The third-order valence-electron chi connectivity index (χ3n) is 2.59. The van der Waals surface area contributed by atoms with Crippen LogP contribution in [0.3, 0.4) is 0 Å². The lowest BCUT2D eigenvalue weighted by atomic mass is 10.0. The van der Waals surface area contributed by atoms with Gasteiger partial charge in [-0.15, -0.1) is 0 Å². The van der Waals surface area contributed by atoms with E-state index in [9.17, 15) is 0 Å². The van der Waals surface area contributed by atoms with Gasteiger partial charge in [-0.1, -0.05) is 6.07 Å². The van der Waals surface area contributed by atoms with Crippen LogP contribution in [-0.2, 0) is 6.42 Å². The van der Waals surface area contributed by atoms with E-state index >= 15 is 0 Å². The van der Waals surface area contributed by atoms with E-state index in [0.29, 0.717) is 5.92 Å². The molecule has 0 aromatic carbocycles. The van der Waals surface area contributed by atoms with Crippen molar-refractivity contribution in [3.05, 3.63) is 29.6 Å². The van der Waals surface area contributed by atoms with Crippen LogP contribution in [0.1, 0.15) is 30.0 Å². The Balaban J connectivity index is 2.24. The van der Waals surface area contributed by atoms with Crippen molar-refractivity contribution >= 4 is 0 Å². The number of fused-ring (bicyclic) bond motifs is 1. The fourth-order valence-corrected chi connectivity index (χ4v) is 1.98. The number of pyridine rings is 1. The molecule has 2 heteroatoms. The topological polar surface area (TPSA) is 38.9 Å². The Morgan fingerprint density at radius 1 is 1.58 bits per heavy atom. The highest BCUT2D eigenvalue weighted by Gasteiger charge is 2.22. The van der Waals surface area contributed by atoms with Crippen LogP contribution in [0.5, 0.6) is 0 Å². The predicted molar refractivity (Wildman–Crippen MR) is 49.0 cm³/mol. The molecule has 2 rings (SSSR count). The molecule has 0 fully saturated rings. The van der Waals surface area contributed by atoms with E-state index in [1.807, 2.05) is 12.3 Å². The minimum absolute atomic E-state index is 0.631. The lowest BCUT2D eigenvalue weighted by Crippen LogP contribution is -2.05. The Morgan fingerprint density at radius 3 is 3.33 bits per heavy atom. The van der Waals surface area contributed by atoms with Crippen molar-refractivity contribution in [2.75, 3.05) is 6.54 Å². The Kier molecular flexibility index (Phi) is 2.09. The van der Waals surface area contributed by atoms with Crippen molar-refractivity contribution in [3.8, 4) is 0 Å². The van der Waals surface area contributed by atoms with Crippen LogP contribution < -0.4 is 5.73 Å². The van der Waals surface area contributed by atoms with E-state index in [-0.39, 0.29) is 0 Å². The highest BCUT2D eigenvalue weighted by Crippen LogP contribution is 2.32. The Bertz CT molecular complexity index is 268. The Hall–Kier alpha value is -0.890. The first-order valence-electron chi connectivity index (χ1n) is 4.55. The molecule has 0 spiro atoms. The molecule has 1 unspecified atom stereocenters. The summed E-state index contributed by atoms with van der Waals surface area (Å²) in [5.41, 5.74) is 8.26. The maximum atomic E-state index is 5.54. The molecule has 1 aromatic heterocycles. The summed E-state index contributed by atoms with van der Waals surface area (Å²) in [4.78, 5) is 4.40. The van der Waals surface area contributed by atoms with Gasteiger partial charge in [0.1, 0.15) is 0 Å². The summed E-state index contributed by atoms with van der Waals surface area (Å²) in [5, 5.41) is 0. The summed E-state index contributed by atoms with van der Waals surface area (Å²) in [6, 6.07) is 4.20. The smallest absolute Gasteiger partial charge is 0.0467 e. The van der Waals surface area contributed by atoms with Gasteiger partial charge in [-0.25, -0.2) is 0 Å². The number of nitrogens with zero attached hydrogens (tertiary/aromatic N) is 1. The standard InChI is InChI=1S/C10H14N2/c11-6-5-9-4-3-8-2-1-7-12-10(8)9/h1-2,7,9H,3-6,11H2. The first-order chi connectivity index (χ1) is 5.92. The van der Waals surface area contributed by atoms with E-state index < -0.39 is 0 Å². The van der Waals surface area contributed by atoms with Gasteiger partial charge in [0.15, 0.2) is 0 Å². The zero-order valence-corrected chi connectivity index (χ0v) is 7.16. The van der Waals surface area contributed by atoms with Gasteiger partial charge in [0.2, 0.25) is 0 Å². The fraction of sp³-hybridized carbons (Fsp3) is 0.500. The van der Waals surface area contributed by atoms with E-state index in [0.717, 1.165) is 13.0 Å². The molecule has 2 nitrogen and oxygen atoms in total. The van der Waals surface area contributed by atoms with Gasteiger partial charge in [-0.3, -0.25) is 4.98 Å². The molecule has 0 saturated heterocycles. The van der Waals surface area contributed by atoms with Gasteiger partial charge in [0.05, 0.1) is 0 Å². The molecule has 0 aliphatic heterocycles. The Labute approximate surface area is 72.8 Å². The minimum Gasteiger partial charge on any atom is -0.330 e. The molecule has 1 aliphatic carbocycles. The number of rotatable bonds is 2. The largest absolute Gasteiger partial charge is 0.330 e. The van der Waals surface area contributed by atoms with Crippen molar-refractivity contribution in [1.29, 1.82) is 0 Å². The van der Waals surface area contributed by atoms with Crippen LogP contribution in [0.15, 0.2) is 18.3 Å². The van der Waals surface area contributed by atoms with Crippen LogP contribution >= 0.6 is 0 Å². The summed E-state index contributed by atoms with van der Waals surface area (Å²) >= 11 is 0. The molecule has 12 heavy (non-hydrogen) atoms. The van der Waals surface area contributed by atoms with Crippen LogP contribution in [0, 0.1) is 0 Å². The first-order valence-corrected chi connectivity index (χ1v) is 4.55. The molecule has 0 bridgehead atoms. The number of aryl methyl sites for hydroxylation is 1. The summed E-state index contributed by atoms with van der Waals surface area (Å²) in [6.07, 6.45) is 5.40. The third-order valence-corrected chi connectivity index (χ3v) is 2.59. The third kappa shape index (κ3) is 1.23. The summed E-state index contributed by atoms with van der Waals surface area (Å²) < 4.78 is 0. The number of hydrogen-bond donors (Lipinski definition) is 1. The van der Waals surface area contributed by atoms with Gasteiger partial charge >= 0.3 is 0 Å². The van der Waals surface area contributed by atoms with Crippen molar-refractivity contribution in [1.82, 2.24) is 4.98 Å². The Morgan fingerprint density at radius 2 is 2.50 bits per heavy atom. The van der Waals surface area contributed by atoms with Gasteiger partial charge in [-0.2, -0.15) is 0 Å². The van der Waals surface area contributed by atoms with Crippen LogP contribution in [0.2, 0.25) is 0 Å². The lowest BCUT2D eigenvalue weighted by Gasteiger charge is -2.07. The van der Waals surface area contributed by atoms with Crippen LogP contribution in [-0.4, -0.2) is 11.5 Å². The molecular weight excluding hydrogens is 148 g/mol. The van der Waals surface area contributed by atoms with Gasteiger partial charge in [-0.05, 0) is 37.4 Å². The average molecular weight is 162 g/mol. The second-order valence-corrected chi connectivity index (χ2v) is 3.36. The summed E-state index contributed by atoms with van der Waals surface area (Å²) in [7, 11) is 0. The average Bonchev–Trinajstić information content (AvgIpc) is 2.50. The molecule has 2 N–H and O–H groups in total. The maximum Gasteiger partial charge on any atom is 0.0467 e. The normalized spacial score (nSPS) is 20.9. The zero-order valence-electron chi connectivity index (χ0n) is 7.16. The molecule has 1 heterocycles. The summed E-state index contributed by atoms with van der Waals surface area (Å²) in [6.45, 7) is 0.778. The van der Waals surface area contributed by atoms with Gasteiger partial charge in [0, 0.05) is 17.8 Å². The van der Waals surface area contributed by atoms with Crippen molar-refractivity contribution in [3.63, 3.8) is 0 Å². The number of nitrogens with two attached hydrogens (primary N) is 1. The van der Waals surface area contributed by atoms with Gasteiger partial charge in [0.25, 0.3) is 0 Å². The molecular formula is C10H14N2. The van der Waals surface area contributed by atoms with E-state index in [2.05, 4.69) is 11.1 Å². The molecule has 64 valence electrons. The molecule has 1 aromatic rings. The molecule has 1 atom stereocenters. The van der Waals surface area contributed by atoms with E-state index in [4.69, 9.17) is 5.73 Å². The highest BCUT2D eigenvalue weighted by molar-refractivity contribution is 5.28. The second-order valence-electron chi connectivity index (χ2n) is 3.36. The van der Waals surface area contributed by atoms with Crippen molar-refractivity contribution in [2.24, 2.45) is 5.73 Å². The van der Waals surface area contributed by atoms with Crippen molar-refractivity contribution < 1.29 is 0 Å². The zero-order chi connectivity index (χ0) is 8.39. The monoisotopic (exact) mass is 162 g/mol. The summed E-state index contributed by atoms with van der Waals surface area (Å²) in [5.74, 6) is 0.631. The SMILES string of the molecule is NCCC1CCc2cccnc21. The van der Waals surface area contributed by atoms with Crippen LogP contribution in [0.25, 0.3) is 0 Å². The number of hydrogen-bond acceptors (Lipinski definition) is 2. The van der Waals surface area contributed by atoms with Crippen molar-refractivity contribution in [2.45, 2.75) is 25.2 Å². The molecule has 0 saturated carbocycles. The molecule has 0 radical (unpaired) electrons. The quantitative estimate of drug-likeness (QED) is 0.715. The highest BCUT2D eigenvalue weighted by atomic mass is 14.7. The predicted octanol–water partition coefficient (Wildman–Crippen LogP) is 1.46. The first kappa shape index (κ1) is 7.74. The van der Waals surface area contributed by atoms with Crippen LogP contribution in [0.4, 0.5) is 0 Å². The minimum atomic E-state index is 0.631. The lowest BCUT2D eigenvalue weighted by molar-refractivity contribution is 0.616. The van der Waals surface area contributed by atoms with Gasteiger partial charge < -0.3 is 5.73 Å². The second kappa shape index (κ2) is 3.23. The van der Waals surface area contributed by atoms with E-state index in [1.165, 1.54) is 24.1 Å². The fourth-order valence-electron chi connectivity index (χ4n) is 1.98. The maximum absolute atomic E-state index is 5.54. The van der Waals surface area contributed by atoms with E-state index in [1.54, 1.807) is 0 Å².